The van der Waals surface area contributed by atoms with E-state index in [-0.39, 0.29) is 0 Å². The second kappa shape index (κ2) is 4.75. The number of aromatic amines is 1. The molecule has 0 amide bonds. The molecule has 1 aliphatic rings. The molecule has 17 heavy (non-hydrogen) atoms. The molecule has 0 bridgehead atoms. The normalized spacial score (nSPS) is 14.8. The minimum atomic E-state index is 0.901. The Morgan fingerprint density at radius 1 is 1.35 bits per heavy atom. The van der Waals surface area contributed by atoms with Crippen LogP contribution in [0.4, 0.5) is 0 Å². The van der Waals surface area contributed by atoms with E-state index < -0.39 is 0 Å². The SMILES string of the molecule is c1cc(CNCc2cnc3n2CCCC3)c[nH]1. The van der Waals surface area contributed by atoms with Crippen LogP contribution in [0.2, 0.25) is 0 Å². The molecule has 0 spiro atoms. The fraction of sp³-hybridized carbons (Fsp3) is 0.462. The lowest BCUT2D eigenvalue weighted by atomic mass is 10.1. The third-order valence-electron chi connectivity index (χ3n) is 3.35. The van der Waals surface area contributed by atoms with Gasteiger partial charge in [-0.05, 0) is 24.5 Å². The number of nitrogens with zero attached hydrogens (tertiary/aromatic N) is 2. The Balaban J connectivity index is 1.60. The third-order valence-corrected chi connectivity index (χ3v) is 3.35. The molecule has 90 valence electrons. The fourth-order valence-electron chi connectivity index (χ4n) is 2.42. The highest BCUT2D eigenvalue weighted by Crippen LogP contribution is 2.15. The first-order valence-corrected chi connectivity index (χ1v) is 6.29. The fourth-order valence-corrected chi connectivity index (χ4v) is 2.42. The van der Waals surface area contributed by atoms with Crippen molar-refractivity contribution in [2.45, 2.75) is 38.9 Å². The number of aryl methyl sites for hydroxylation is 1. The number of fused-ring (bicyclic) bond motifs is 1. The van der Waals surface area contributed by atoms with E-state index >= 15 is 0 Å². The minimum Gasteiger partial charge on any atom is -0.367 e. The number of nitrogens with one attached hydrogen (secondary N) is 2. The standard InChI is InChI=1S/C13H18N4/c1-2-6-17-12(10-16-13(17)3-1)9-15-8-11-4-5-14-7-11/h4-5,7,10,14-15H,1-3,6,8-9H2. The van der Waals surface area contributed by atoms with Crippen molar-refractivity contribution in [3.63, 3.8) is 0 Å². The molecular weight excluding hydrogens is 212 g/mol. The Morgan fingerprint density at radius 3 is 3.24 bits per heavy atom. The quantitative estimate of drug-likeness (QED) is 0.841. The summed E-state index contributed by atoms with van der Waals surface area (Å²) in [6.45, 7) is 2.94. The molecule has 4 heteroatoms. The van der Waals surface area contributed by atoms with E-state index in [0.717, 1.165) is 26.1 Å². The largest absolute Gasteiger partial charge is 0.367 e. The summed E-state index contributed by atoms with van der Waals surface area (Å²) in [4.78, 5) is 7.55. The molecule has 0 aromatic carbocycles. The second-order valence-corrected chi connectivity index (χ2v) is 4.60. The van der Waals surface area contributed by atoms with Gasteiger partial charge < -0.3 is 14.9 Å². The molecule has 0 atom stereocenters. The summed E-state index contributed by atoms with van der Waals surface area (Å²) in [5.41, 5.74) is 2.61. The van der Waals surface area contributed by atoms with Crippen LogP contribution in [0.3, 0.4) is 0 Å². The zero-order valence-corrected chi connectivity index (χ0v) is 9.95. The average Bonchev–Trinajstić information content (AvgIpc) is 2.99. The monoisotopic (exact) mass is 230 g/mol. The van der Waals surface area contributed by atoms with Crippen molar-refractivity contribution in [1.82, 2.24) is 19.9 Å². The van der Waals surface area contributed by atoms with Crippen molar-refractivity contribution in [3.8, 4) is 0 Å². The van der Waals surface area contributed by atoms with Crippen molar-refractivity contribution >= 4 is 0 Å². The summed E-state index contributed by atoms with van der Waals surface area (Å²) in [5.74, 6) is 1.26. The maximum absolute atomic E-state index is 4.49. The van der Waals surface area contributed by atoms with E-state index in [0.29, 0.717) is 0 Å². The van der Waals surface area contributed by atoms with E-state index in [4.69, 9.17) is 0 Å². The smallest absolute Gasteiger partial charge is 0.108 e. The van der Waals surface area contributed by atoms with Gasteiger partial charge in [-0.3, -0.25) is 0 Å². The molecule has 2 aromatic heterocycles. The Labute approximate surface area is 101 Å². The highest BCUT2D eigenvalue weighted by Gasteiger charge is 2.13. The summed E-state index contributed by atoms with van der Waals surface area (Å²) in [6.07, 6.45) is 9.71. The van der Waals surface area contributed by atoms with Crippen molar-refractivity contribution in [3.05, 3.63) is 41.7 Å². The molecule has 0 saturated heterocycles. The molecule has 0 saturated carbocycles. The third kappa shape index (κ3) is 2.26. The molecule has 0 radical (unpaired) electrons. The zero-order valence-electron chi connectivity index (χ0n) is 9.95. The van der Waals surface area contributed by atoms with Crippen molar-refractivity contribution in [2.75, 3.05) is 0 Å². The first-order chi connectivity index (χ1) is 8.43. The van der Waals surface area contributed by atoms with Crippen molar-refractivity contribution < 1.29 is 0 Å². The van der Waals surface area contributed by atoms with Gasteiger partial charge in [0.1, 0.15) is 5.82 Å². The number of hydrogen-bond donors (Lipinski definition) is 2. The number of H-pyrrole nitrogens is 1. The van der Waals surface area contributed by atoms with E-state index in [9.17, 15) is 0 Å². The predicted octanol–water partition coefficient (Wildman–Crippen LogP) is 1.84. The highest BCUT2D eigenvalue weighted by molar-refractivity contribution is 5.10. The van der Waals surface area contributed by atoms with Gasteiger partial charge >= 0.3 is 0 Å². The molecule has 3 heterocycles. The predicted molar refractivity (Wildman–Crippen MR) is 66.5 cm³/mol. The molecule has 4 nitrogen and oxygen atoms in total. The van der Waals surface area contributed by atoms with Crippen molar-refractivity contribution in [2.24, 2.45) is 0 Å². The molecule has 0 unspecified atom stereocenters. The van der Waals surface area contributed by atoms with Gasteiger partial charge in [-0.15, -0.1) is 0 Å². The van der Waals surface area contributed by atoms with Crippen LogP contribution in [0.5, 0.6) is 0 Å². The van der Waals surface area contributed by atoms with E-state index in [1.807, 2.05) is 18.6 Å². The van der Waals surface area contributed by atoms with Gasteiger partial charge in [-0.1, -0.05) is 0 Å². The molecular formula is C13H18N4. The molecule has 1 aliphatic heterocycles. The lowest BCUT2D eigenvalue weighted by Crippen LogP contribution is -2.18. The maximum Gasteiger partial charge on any atom is 0.108 e. The molecule has 0 aliphatic carbocycles. The average molecular weight is 230 g/mol. The van der Waals surface area contributed by atoms with Crippen LogP contribution in [0, 0.1) is 0 Å². The Bertz CT molecular complexity index is 470. The summed E-state index contributed by atoms with van der Waals surface area (Å²) >= 11 is 0. The second-order valence-electron chi connectivity index (χ2n) is 4.60. The van der Waals surface area contributed by atoms with Crippen LogP contribution >= 0.6 is 0 Å². The summed E-state index contributed by atoms with van der Waals surface area (Å²) in [7, 11) is 0. The van der Waals surface area contributed by atoms with Gasteiger partial charge in [0.25, 0.3) is 0 Å². The van der Waals surface area contributed by atoms with Gasteiger partial charge in [0, 0.05) is 44.6 Å². The molecule has 0 fully saturated rings. The van der Waals surface area contributed by atoms with Crippen molar-refractivity contribution in [1.29, 1.82) is 0 Å². The first kappa shape index (κ1) is 10.6. The summed E-state index contributed by atoms with van der Waals surface area (Å²) < 4.78 is 2.37. The number of hydrogen-bond acceptors (Lipinski definition) is 2. The highest BCUT2D eigenvalue weighted by atomic mass is 15.1. The van der Waals surface area contributed by atoms with Crippen LogP contribution in [-0.2, 0) is 26.1 Å². The number of aromatic nitrogens is 3. The van der Waals surface area contributed by atoms with Gasteiger partial charge in [-0.2, -0.15) is 0 Å². The number of rotatable bonds is 4. The van der Waals surface area contributed by atoms with Gasteiger partial charge in [0.2, 0.25) is 0 Å². The van der Waals surface area contributed by atoms with Gasteiger partial charge in [-0.25, -0.2) is 4.98 Å². The molecule has 2 aromatic rings. The number of imidazole rings is 1. The Morgan fingerprint density at radius 2 is 2.35 bits per heavy atom. The zero-order chi connectivity index (χ0) is 11.5. The van der Waals surface area contributed by atoms with Crippen LogP contribution in [0.1, 0.15) is 29.9 Å². The summed E-state index contributed by atoms with van der Waals surface area (Å²) in [5, 5.41) is 3.46. The van der Waals surface area contributed by atoms with E-state index in [2.05, 4.69) is 25.9 Å². The van der Waals surface area contributed by atoms with E-state index in [1.165, 1.54) is 29.9 Å². The van der Waals surface area contributed by atoms with E-state index in [1.54, 1.807) is 0 Å². The molecule has 3 rings (SSSR count). The van der Waals surface area contributed by atoms with Gasteiger partial charge in [0.15, 0.2) is 0 Å². The lowest BCUT2D eigenvalue weighted by Gasteiger charge is -2.16. The molecule has 2 N–H and O–H groups in total. The van der Waals surface area contributed by atoms with Crippen LogP contribution in [-0.4, -0.2) is 14.5 Å². The Kier molecular flexibility index (Phi) is 2.96. The van der Waals surface area contributed by atoms with Crippen LogP contribution < -0.4 is 5.32 Å². The van der Waals surface area contributed by atoms with Crippen LogP contribution in [0.15, 0.2) is 24.7 Å². The Hall–Kier alpha value is -1.55. The maximum atomic E-state index is 4.49. The van der Waals surface area contributed by atoms with Crippen LogP contribution in [0.25, 0.3) is 0 Å². The minimum absolute atomic E-state index is 0.901. The van der Waals surface area contributed by atoms with Gasteiger partial charge in [0.05, 0.1) is 5.69 Å². The lowest BCUT2D eigenvalue weighted by molar-refractivity contribution is 0.499. The first-order valence-electron chi connectivity index (χ1n) is 6.29. The topological polar surface area (TPSA) is 45.6 Å². The summed E-state index contributed by atoms with van der Waals surface area (Å²) in [6, 6.07) is 2.10.